The maximum Gasteiger partial charge on any atom is 0.337 e. The maximum atomic E-state index is 11.3. The summed E-state index contributed by atoms with van der Waals surface area (Å²) in [5.74, 6) is -0.880. The zero-order chi connectivity index (χ0) is 14.1. The molecule has 1 aliphatic rings. The minimum atomic E-state index is -0.880. The summed E-state index contributed by atoms with van der Waals surface area (Å²) in [7, 11) is 1.94. The van der Waals surface area contributed by atoms with Gasteiger partial charge in [-0.15, -0.1) is 0 Å². The lowest BCUT2D eigenvalue weighted by Gasteiger charge is -2.26. The molecular formula is C15H18N2O3. The summed E-state index contributed by atoms with van der Waals surface area (Å²) >= 11 is 0. The van der Waals surface area contributed by atoms with Gasteiger partial charge in [-0.25, -0.2) is 4.79 Å². The highest BCUT2D eigenvalue weighted by Crippen LogP contribution is 2.23. The van der Waals surface area contributed by atoms with Crippen LogP contribution < -0.4 is 0 Å². The fourth-order valence-electron chi connectivity index (χ4n) is 2.78. The number of para-hydroxylation sites is 1. The molecule has 0 bridgehead atoms. The molecule has 0 spiro atoms. The van der Waals surface area contributed by atoms with Crippen LogP contribution in [0.25, 0.3) is 10.9 Å². The smallest absolute Gasteiger partial charge is 0.337 e. The third-order valence-corrected chi connectivity index (χ3v) is 3.88. The highest BCUT2D eigenvalue weighted by Gasteiger charge is 2.17. The zero-order valence-electron chi connectivity index (χ0n) is 11.5. The van der Waals surface area contributed by atoms with Gasteiger partial charge in [0.25, 0.3) is 0 Å². The number of aromatic carboxylic acids is 1. The fraction of sp³-hybridized carbons (Fsp3) is 0.400. The van der Waals surface area contributed by atoms with Gasteiger partial charge in [0.05, 0.1) is 24.3 Å². The van der Waals surface area contributed by atoms with Crippen LogP contribution in [0.1, 0.15) is 16.1 Å². The molecule has 2 aromatic rings. The van der Waals surface area contributed by atoms with Crippen LogP contribution in [0.15, 0.2) is 24.3 Å². The number of benzene rings is 1. The van der Waals surface area contributed by atoms with Crippen molar-refractivity contribution in [3.63, 3.8) is 0 Å². The van der Waals surface area contributed by atoms with Crippen LogP contribution in [0.5, 0.6) is 0 Å². The quantitative estimate of drug-likeness (QED) is 0.925. The summed E-state index contributed by atoms with van der Waals surface area (Å²) in [6.45, 7) is 4.21. The number of fused-ring (bicyclic) bond motifs is 1. The Bertz CT molecular complexity index is 642. The number of carboxylic acids is 1. The van der Waals surface area contributed by atoms with Gasteiger partial charge in [-0.05, 0) is 12.1 Å². The molecule has 0 radical (unpaired) electrons. The van der Waals surface area contributed by atoms with Crippen LogP contribution in [-0.4, -0.2) is 46.8 Å². The van der Waals surface area contributed by atoms with Gasteiger partial charge >= 0.3 is 5.97 Å². The normalized spacial score (nSPS) is 16.6. The van der Waals surface area contributed by atoms with E-state index in [1.54, 1.807) is 12.1 Å². The second kappa shape index (κ2) is 5.26. The third kappa shape index (κ3) is 2.30. The molecule has 106 valence electrons. The Hall–Kier alpha value is -1.85. The monoisotopic (exact) mass is 274 g/mol. The molecule has 0 atom stereocenters. The molecule has 1 aromatic heterocycles. The molecule has 1 N–H and O–H groups in total. The fourth-order valence-corrected chi connectivity index (χ4v) is 2.78. The number of carbonyl (C=O) groups is 1. The minimum absolute atomic E-state index is 0.359. The predicted molar refractivity (Wildman–Crippen MR) is 76.0 cm³/mol. The molecule has 5 nitrogen and oxygen atoms in total. The van der Waals surface area contributed by atoms with Crippen molar-refractivity contribution in [2.24, 2.45) is 7.05 Å². The molecule has 1 saturated heterocycles. The van der Waals surface area contributed by atoms with E-state index < -0.39 is 5.97 Å². The Balaban J connectivity index is 1.98. The second-order valence-corrected chi connectivity index (χ2v) is 5.13. The van der Waals surface area contributed by atoms with E-state index in [0.29, 0.717) is 5.56 Å². The Morgan fingerprint density at radius 2 is 2.10 bits per heavy atom. The first-order valence-corrected chi connectivity index (χ1v) is 6.77. The van der Waals surface area contributed by atoms with Crippen LogP contribution in [0.3, 0.4) is 0 Å². The number of aryl methyl sites for hydroxylation is 1. The number of nitrogens with zero attached hydrogens (tertiary/aromatic N) is 2. The number of hydrogen-bond donors (Lipinski definition) is 1. The van der Waals surface area contributed by atoms with Gasteiger partial charge in [-0.3, -0.25) is 4.90 Å². The summed E-state index contributed by atoms with van der Waals surface area (Å²) < 4.78 is 7.35. The van der Waals surface area contributed by atoms with Crippen LogP contribution in [0.2, 0.25) is 0 Å². The van der Waals surface area contributed by atoms with Crippen molar-refractivity contribution >= 4 is 16.9 Å². The van der Waals surface area contributed by atoms with Crippen molar-refractivity contribution in [1.82, 2.24) is 9.47 Å². The van der Waals surface area contributed by atoms with Gasteiger partial charge < -0.3 is 14.4 Å². The molecule has 1 aliphatic heterocycles. The summed E-state index contributed by atoms with van der Waals surface area (Å²) in [5, 5.41) is 10.3. The Morgan fingerprint density at radius 1 is 1.35 bits per heavy atom. The number of ether oxygens (including phenoxy) is 1. The van der Waals surface area contributed by atoms with E-state index in [-0.39, 0.29) is 0 Å². The van der Waals surface area contributed by atoms with Crippen molar-refractivity contribution in [1.29, 1.82) is 0 Å². The first-order chi connectivity index (χ1) is 9.66. The Labute approximate surface area is 117 Å². The molecule has 0 aliphatic carbocycles. The summed E-state index contributed by atoms with van der Waals surface area (Å²) in [6, 6.07) is 7.50. The van der Waals surface area contributed by atoms with E-state index in [9.17, 15) is 9.90 Å². The topological polar surface area (TPSA) is 54.7 Å². The van der Waals surface area contributed by atoms with Crippen molar-refractivity contribution in [2.75, 3.05) is 26.3 Å². The summed E-state index contributed by atoms with van der Waals surface area (Å²) in [6.07, 6.45) is 0. The van der Waals surface area contributed by atoms with Crippen molar-refractivity contribution in [2.45, 2.75) is 6.54 Å². The predicted octanol–water partition coefficient (Wildman–Crippen LogP) is 1.71. The van der Waals surface area contributed by atoms with E-state index in [4.69, 9.17) is 4.74 Å². The molecule has 20 heavy (non-hydrogen) atoms. The van der Waals surface area contributed by atoms with Gasteiger partial charge in [0.1, 0.15) is 0 Å². The van der Waals surface area contributed by atoms with Crippen LogP contribution >= 0.6 is 0 Å². The number of morpholine rings is 1. The van der Waals surface area contributed by atoms with Crippen LogP contribution in [0, 0.1) is 0 Å². The number of aromatic nitrogens is 1. The molecule has 3 rings (SSSR count). The molecule has 1 aromatic carbocycles. The summed E-state index contributed by atoms with van der Waals surface area (Å²) in [4.78, 5) is 13.7. The van der Waals surface area contributed by atoms with Gasteiger partial charge in [0.2, 0.25) is 0 Å². The first-order valence-electron chi connectivity index (χ1n) is 6.77. The van der Waals surface area contributed by atoms with E-state index >= 15 is 0 Å². The standard InChI is InChI=1S/C15H18N2O3/c1-16-12(10-17-5-7-20-8-6-17)9-11-3-2-4-13(14(11)16)15(18)19/h2-4,9H,5-8,10H2,1H3,(H,18,19). The third-order valence-electron chi connectivity index (χ3n) is 3.88. The molecule has 0 unspecified atom stereocenters. The lowest BCUT2D eigenvalue weighted by Crippen LogP contribution is -2.36. The van der Waals surface area contributed by atoms with Gasteiger partial charge in [0.15, 0.2) is 0 Å². The second-order valence-electron chi connectivity index (χ2n) is 5.13. The molecule has 0 amide bonds. The lowest BCUT2D eigenvalue weighted by atomic mass is 10.1. The van der Waals surface area contributed by atoms with Crippen LogP contribution in [0.4, 0.5) is 0 Å². The number of carboxylic acid groups (broad SMARTS) is 1. The first kappa shape index (κ1) is 13.1. The molecule has 5 heteroatoms. The number of hydrogen-bond acceptors (Lipinski definition) is 3. The molecule has 1 fully saturated rings. The Morgan fingerprint density at radius 3 is 2.80 bits per heavy atom. The molecule has 2 heterocycles. The highest BCUT2D eigenvalue weighted by atomic mass is 16.5. The lowest BCUT2D eigenvalue weighted by molar-refractivity contribution is 0.0333. The average Bonchev–Trinajstić information content (AvgIpc) is 2.77. The van der Waals surface area contributed by atoms with Crippen molar-refractivity contribution in [3.05, 3.63) is 35.5 Å². The van der Waals surface area contributed by atoms with Gasteiger partial charge in [-0.1, -0.05) is 12.1 Å². The molecule has 0 saturated carbocycles. The molecular weight excluding hydrogens is 256 g/mol. The van der Waals surface area contributed by atoms with Gasteiger partial charge in [-0.2, -0.15) is 0 Å². The van der Waals surface area contributed by atoms with E-state index in [2.05, 4.69) is 11.0 Å². The Kier molecular flexibility index (Phi) is 3.46. The number of rotatable bonds is 3. The van der Waals surface area contributed by atoms with E-state index in [1.807, 2.05) is 17.7 Å². The van der Waals surface area contributed by atoms with Gasteiger partial charge in [0, 0.05) is 37.8 Å². The largest absolute Gasteiger partial charge is 0.478 e. The van der Waals surface area contributed by atoms with Crippen molar-refractivity contribution in [3.8, 4) is 0 Å². The highest BCUT2D eigenvalue weighted by molar-refractivity contribution is 6.02. The maximum absolute atomic E-state index is 11.3. The minimum Gasteiger partial charge on any atom is -0.478 e. The van der Waals surface area contributed by atoms with Crippen molar-refractivity contribution < 1.29 is 14.6 Å². The average molecular weight is 274 g/mol. The summed E-state index contributed by atoms with van der Waals surface area (Å²) in [5.41, 5.74) is 2.29. The van der Waals surface area contributed by atoms with E-state index in [1.165, 1.54) is 0 Å². The SMILES string of the molecule is Cn1c(CN2CCOCC2)cc2cccc(C(=O)O)c21. The van der Waals surface area contributed by atoms with E-state index in [0.717, 1.165) is 49.4 Å². The van der Waals surface area contributed by atoms with Crippen LogP contribution in [-0.2, 0) is 18.3 Å². The zero-order valence-corrected chi connectivity index (χ0v) is 11.5.